The second-order valence-corrected chi connectivity index (χ2v) is 8.38. The minimum absolute atomic E-state index is 0.0985. The Kier molecular flexibility index (Phi) is 21.6. The van der Waals surface area contributed by atoms with Crippen LogP contribution in [0.5, 0.6) is 0 Å². The van der Waals surface area contributed by atoms with Gasteiger partial charge >= 0.3 is 17.9 Å². The largest absolute Gasteiger partial charge is 0.462 e. The summed E-state index contributed by atoms with van der Waals surface area (Å²) in [7, 11) is 0. The summed E-state index contributed by atoms with van der Waals surface area (Å²) in [6, 6.07) is 0. The summed E-state index contributed by atoms with van der Waals surface area (Å²) in [4.78, 5) is 35.2. The van der Waals surface area contributed by atoms with Crippen LogP contribution in [-0.2, 0) is 28.6 Å². The average Bonchev–Trinajstić information content (AvgIpc) is 2.78. The predicted octanol–water partition coefficient (Wildman–Crippen LogP) is 6.62. The maximum Gasteiger partial charge on any atom is 0.305 e. The van der Waals surface area contributed by atoms with Crippen molar-refractivity contribution in [2.45, 2.75) is 116 Å². The second-order valence-electron chi connectivity index (χ2n) is 8.38. The smallest absolute Gasteiger partial charge is 0.305 e. The number of ether oxygens (including phenoxy) is 3. The molecule has 0 aromatic carbocycles. The number of hydrogen-bond acceptors (Lipinski definition) is 6. The first-order valence-electron chi connectivity index (χ1n) is 12.7. The van der Waals surface area contributed by atoms with Crippen molar-refractivity contribution in [1.82, 2.24) is 0 Å². The van der Waals surface area contributed by atoms with Crippen LogP contribution in [0, 0.1) is 0 Å². The summed E-state index contributed by atoms with van der Waals surface area (Å²) in [6.45, 7) is 6.92. The SMILES string of the molecule is C=CCCCCCCCC(=O)OCC(COC(=O)CCCCCCC/C=C\CC)OC(C)=O. The summed E-state index contributed by atoms with van der Waals surface area (Å²) in [5.41, 5.74) is 0. The molecule has 0 saturated heterocycles. The Bertz CT molecular complexity index is 555. The van der Waals surface area contributed by atoms with Gasteiger partial charge in [-0.3, -0.25) is 14.4 Å². The van der Waals surface area contributed by atoms with E-state index in [1.807, 2.05) is 6.08 Å². The van der Waals surface area contributed by atoms with Crippen molar-refractivity contribution in [3.8, 4) is 0 Å². The van der Waals surface area contributed by atoms with E-state index in [4.69, 9.17) is 14.2 Å². The van der Waals surface area contributed by atoms with Crippen molar-refractivity contribution in [1.29, 1.82) is 0 Å². The van der Waals surface area contributed by atoms with Crippen molar-refractivity contribution >= 4 is 17.9 Å². The Morgan fingerprint density at radius 3 is 1.70 bits per heavy atom. The van der Waals surface area contributed by atoms with Gasteiger partial charge in [0.15, 0.2) is 6.10 Å². The van der Waals surface area contributed by atoms with Crippen LogP contribution < -0.4 is 0 Å². The zero-order valence-electron chi connectivity index (χ0n) is 21.0. The minimum atomic E-state index is -0.773. The summed E-state index contributed by atoms with van der Waals surface area (Å²) in [5.74, 6) is -1.14. The Balaban J connectivity index is 3.92. The van der Waals surface area contributed by atoms with Gasteiger partial charge in [0.05, 0.1) is 0 Å². The molecule has 6 heteroatoms. The fourth-order valence-corrected chi connectivity index (χ4v) is 3.30. The van der Waals surface area contributed by atoms with E-state index >= 15 is 0 Å². The molecule has 0 rings (SSSR count). The highest BCUT2D eigenvalue weighted by atomic mass is 16.6. The molecule has 0 aliphatic carbocycles. The van der Waals surface area contributed by atoms with Gasteiger partial charge in [-0.1, -0.05) is 63.7 Å². The molecule has 0 fully saturated rings. The minimum Gasteiger partial charge on any atom is -0.462 e. The van der Waals surface area contributed by atoms with Gasteiger partial charge in [-0.15, -0.1) is 6.58 Å². The number of allylic oxidation sites excluding steroid dienone is 3. The first kappa shape index (κ1) is 30.9. The molecule has 0 N–H and O–H groups in total. The molecule has 0 amide bonds. The van der Waals surface area contributed by atoms with E-state index in [1.54, 1.807) is 0 Å². The van der Waals surface area contributed by atoms with Gasteiger partial charge in [-0.25, -0.2) is 0 Å². The first-order chi connectivity index (χ1) is 16.0. The van der Waals surface area contributed by atoms with Crippen LogP contribution in [0.15, 0.2) is 24.8 Å². The molecule has 190 valence electrons. The maximum atomic E-state index is 12.0. The maximum absolute atomic E-state index is 12.0. The third-order valence-corrected chi connectivity index (χ3v) is 5.14. The number of rotatable bonds is 22. The lowest BCUT2D eigenvalue weighted by Gasteiger charge is -2.17. The Morgan fingerprint density at radius 2 is 1.21 bits per heavy atom. The van der Waals surface area contributed by atoms with Crippen LogP contribution in [0.2, 0.25) is 0 Å². The van der Waals surface area contributed by atoms with Gasteiger partial charge in [0.2, 0.25) is 0 Å². The number of carbonyl (C=O) groups excluding carboxylic acids is 3. The van der Waals surface area contributed by atoms with Crippen molar-refractivity contribution in [3.63, 3.8) is 0 Å². The van der Waals surface area contributed by atoms with Gasteiger partial charge in [0.1, 0.15) is 13.2 Å². The number of carbonyl (C=O) groups is 3. The number of unbranched alkanes of at least 4 members (excludes halogenated alkanes) is 10. The van der Waals surface area contributed by atoms with E-state index in [2.05, 4.69) is 25.7 Å². The quantitative estimate of drug-likeness (QED) is 0.0772. The molecule has 1 unspecified atom stereocenters. The fraction of sp³-hybridized carbons (Fsp3) is 0.741. The monoisotopic (exact) mass is 466 g/mol. The zero-order valence-corrected chi connectivity index (χ0v) is 21.0. The summed E-state index contributed by atoms with van der Waals surface area (Å²) in [6.07, 6.45) is 19.8. The van der Waals surface area contributed by atoms with Crippen molar-refractivity contribution < 1.29 is 28.6 Å². The highest BCUT2D eigenvalue weighted by Crippen LogP contribution is 2.10. The van der Waals surface area contributed by atoms with Crippen LogP contribution >= 0.6 is 0 Å². The van der Waals surface area contributed by atoms with Gasteiger partial charge < -0.3 is 14.2 Å². The molecule has 0 radical (unpaired) electrons. The van der Waals surface area contributed by atoms with E-state index in [9.17, 15) is 14.4 Å². The molecule has 6 nitrogen and oxygen atoms in total. The molecular weight excluding hydrogens is 420 g/mol. The molecular formula is C27H46O6. The van der Waals surface area contributed by atoms with Gasteiger partial charge in [-0.05, 0) is 44.9 Å². The zero-order chi connectivity index (χ0) is 24.6. The van der Waals surface area contributed by atoms with Gasteiger partial charge in [0, 0.05) is 19.8 Å². The highest BCUT2D eigenvalue weighted by molar-refractivity contribution is 5.70. The number of hydrogen-bond donors (Lipinski definition) is 0. The molecule has 0 aromatic heterocycles. The molecule has 0 heterocycles. The molecule has 33 heavy (non-hydrogen) atoms. The standard InChI is InChI=1S/C27H46O6/c1-4-6-8-10-12-13-15-17-19-21-27(30)32-23-25(33-24(3)28)22-31-26(29)20-18-16-14-11-9-7-5-2/h5-6,8,25H,2,4,7,9-23H2,1,3H3/b8-6-. The molecule has 0 spiro atoms. The van der Waals surface area contributed by atoms with Crippen LogP contribution in [0.1, 0.15) is 110 Å². The molecule has 0 bridgehead atoms. The fourth-order valence-electron chi connectivity index (χ4n) is 3.30. The average molecular weight is 467 g/mol. The van der Waals surface area contributed by atoms with E-state index in [0.717, 1.165) is 77.0 Å². The van der Waals surface area contributed by atoms with Crippen LogP contribution in [-0.4, -0.2) is 37.2 Å². The van der Waals surface area contributed by atoms with E-state index < -0.39 is 12.1 Å². The highest BCUT2D eigenvalue weighted by Gasteiger charge is 2.17. The van der Waals surface area contributed by atoms with Crippen molar-refractivity contribution in [2.24, 2.45) is 0 Å². The third kappa shape index (κ3) is 22.9. The van der Waals surface area contributed by atoms with Crippen LogP contribution in [0.4, 0.5) is 0 Å². The molecule has 0 aromatic rings. The molecule has 0 saturated carbocycles. The Labute approximate surface area is 201 Å². The van der Waals surface area contributed by atoms with Crippen LogP contribution in [0.25, 0.3) is 0 Å². The van der Waals surface area contributed by atoms with Crippen LogP contribution in [0.3, 0.4) is 0 Å². The van der Waals surface area contributed by atoms with Gasteiger partial charge in [0.25, 0.3) is 0 Å². The van der Waals surface area contributed by atoms with E-state index in [-0.39, 0.29) is 25.2 Å². The Hall–Kier alpha value is -2.11. The normalized spacial score (nSPS) is 11.8. The Morgan fingerprint density at radius 1 is 0.727 bits per heavy atom. The lowest BCUT2D eigenvalue weighted by atomic mass is 10.1. The molecule has 1 atom stereocenters. The summed E-state index contributed by atoms with van der Waals surface area (Å²) >= 11 is 0. The van der Waals surface area contributed by atoms with Crippen molar-refractivity contribution in [3.05, 3.63) is 24.8 Å². The van der Waals surface area contributed by atoms with Gasteiger partial charge in [-0.2, -0.15) is 0 Å². The van der Waals surface area contributed by atoms with E-state index in [0.29, 0.717) is 12.8 Å². The van der Waals surface area contributed by atoms with E-state index in [1.165, 1.54) is 13.3 Å². The molecule has 0 aliphatic heterocycles. The third-order valence-electron chi connectivity index (χ3n) is 5.14. The summed E-state index contributed by atoms with van der Waals surface area (Å²) < 4.78 is 15.6. The first-order valence-corrected chi connectivity index (χ1v) is 12.7. The summed E-state index contributed by atoms with van der Waals surface area (Å²) in [5, 5.41) is 0. The van der Waals surface area contributed by atoms with Crippen molar-refractivity contribution in [2.75, 3.05) is 13.2 Å². The lowest BCUT2D eigenvalue weighted by Crippen LogP contribution is -2.30. The second kappa shape index (κ2) is 23.1. The topological polar surface area (TPSA) is 78.9 Å². The predicted molar refractivity (Wildman–Crippen MR) is 132 cm³/mol. The molecule has 0 aliphatic rings. The number of esters is 3. The lowest BCUT2D eigenvalue weighted by molar-refractivity contribution is -0.165.